The fraction of sp³-hybridized carbons (Fsp3) is 0.615. The van der Waals surface area contributed by atoms with Gasteiger partial charge in [0.15, 0.2) is 6.29 Å². The summed E-state index contributed by atoms with van der Waals surface area (Å²) in [5.74, 6) is 1.78. The smallest absolute Gasteiger partial charge is 0.156 e. The highest BCUT2D eigenvalue weighted by atomic mass is 35.5. The standard InChI is InChI=1S/C13H18ClN3O/c1-8(10-5-3-4-6-10)15-13-11(7-18)12(14)16-9(2)17-13/h7-8,10H,3-6H2,1-2H3,(H,15,16,17). The summed E-state index contributed by atoms with van der Waals surface area (Å²) in [6.45, 7) is 3.90. The summed E-state index contributed by atoms with van der Waals surface area (Å²) in [5, 5.41) is 3.54. The van der Waals surface area contributed by atoms with E-state index in [1.165, 1.54) is 25.7 Å². The number of hydrogen-bond donors (Lipinski definition) is 1. The van der Waals surface area contributed by atoms with Gasteiger partial charge in [0.25, 0.3) is 0 Å². The number of halogens is 1. The number of aldehydes is 1. The lowest BCUT2D eigenvalue weighted by Gasteiger charge is -2.22. The number of carbonyl (C=O) groups excluding carboxylic acids is 1. The molecule has 1 heterocycles. The Balaban J connectivity index is 2.19. The Labute approximate surface area is 112 Å². The minimum absolute atomic E-state index is 0.221. The van der Waals surface area contributed by atoms with Gasteiger partial charge in [-0.25, -0.2) is 9.97 Å². The van der Waals surface area contributed by atoms with Crippen LogP contribution < -0.4 is 5.32 Å². The maximum atomic E-state index is 11.1. The lowest BCUT2D eigenvalue weighted by molar-refractivity contribution is 0.112. The summed E-state index contributed by atoms with van der Waals surface area (Å²) in [6, 6.07) is 0.302. The lowest BCUT2D eigenvalue weighted by atomic mass is 10.00. The minimum Gasteiger partial charge on any atom is -0.367 e. The monoisotopic (exact) mass is 267 g/mol. The molecule has 0 saturated heterocycles. The molecule has 1 unspecified atom stereocenters. The number of carbonyl (C=O) groups is 1. The fourth-order valence-corrected chi connectivity index (χ4v) is 2.81. The molecular formula is C13H18ClN3O. The van der Waals surface area contributed by atoms with Gasteiger partial charge in [-0.15, -0.1) is 0 Å². The highest BCUT2D eigenvalue weighted by Gasteiger charge is 2.23. The highest BCUT2D eigenvalue weighted by Crippen LogP contribution is 2.30. The van der Waals surface area contributed by atoms with Crippen molar-refractivity contribution in [3.05, 3.63) is 16.5 Å². The van der Waals surface area contributed by atoms with Crippen molar-refractivity contribution in [2.75, 3.05) is 5.32 Å². The minimum atomic E-state index is 0.221. The zero-order chi connectivity index (χ0) is 13.1. The fourth-order valence-electron chi connectivity index (χ4n) is 2.55. The van der Waals surface area contributed by atoms with E-state index < -0.39 is 0 Å². The first-order valence-electron chi connectivity index (χ1n) is 6.37. The molecule has 1 saturated carbocycles. The summed E-state index contributed by atoms with van der Waals surface area (Å²) < 4.78 is 0. The number of anilines is 1. The van der Waals surface area contributed by atoms with E-state index in [-0.39, 0.29) is 5.15 Å². The molecule has 4 nitrogen and oxygen atoms in total. The van der Waals surface area contributed by atoms with Crippen molar-refractivity contribution in [3.63, 3.8) is 0 Å². The van der Waals surface area contributed by atoms with Gasteiger partial charge in [0.05, 0.1) is 5.56 Å². The van der Waals surface area contributed by atoms with E-state index in [2.05, 4.69) is 22.2 Å². The number of nitrogens with one attached hydrogen (secondary N) is 1. The summed E-state index contributed by atoms with van der Waals surface area (Å²) in [7, 11) is 0. The molecule has 0 bridgehead atoms. The molecule has 1 atom stereocenters. The van der Waals surface area contributed by atoms with Crippen molar-refractivity contribution in [2.45, 2.75) is 45.6 Å². The average Bonchev–Trinajstić information content (AvgIpc) is 2.81. The first-order chi connectivity index (χ1) is 8.61. The first-order valence-corrected chi connectivity index (χ1v) is 6.75. The third kappa shape index (κ3) is 2.80. The maximum absolute atomic E-state index is 11.1. The molecule has 0 radical (unpaired) electrons. The normalized spacial score (nSPS) is 17.7. The van der Waals surface area contributed by atoms with Crippen LogP contribution in [-0.4, -0.2) is 22.3 Å². The molecule has 1 aliphatic carbocycles. The second-order valence-corrected chi connectivity index (χ2v) is 5.28. The van der Waals surface area contributed by atoms with Crippen LogP contribution in [0.4, 0.5) is 5.82 Å². The molecule has 2 rings (SSSR count). The van der Waals surface area contributed by atoms with Crippen molar-refractivity contribution in [3.8, 4) is 0 Å². The van der Waals surface area contributed by atoms with Gasteiger partial charge < -0.3 is 5.32 Å². The van der Waals surface area contributed by atoms with Gasteiger partial charge in [0.2, 0.25) is 0 Å². The Hall–Kier alpha value is -1.16. The summed E-state index contributed by atoms with van der Waals surface area (Å²) in [4.78, 5) is 19.3. The Morgan fingerprint density at radius 1 is 1.39 bits per heavy atom. The van der Waals surface area contributed by atoms with Crippen LogP contribution in [0.2, 0.25) is 5.15 Å². The second kappa shape index (κ2) is 5.65. The Morgan fingerprint density at radius 3 is 2.67 bits per heavy atom. The molecule has 1 aromatic rings. The van der Waals surface area contributed by atoms with E-state index in [0.29, 0.717) is 35.5 Å². The largest absolute Gasteiger partial charge is 0.367 e. The van der Waals surface area contributed by atoms with Crippen LogP contribution in [0.25, 0.3) is 0 Å². The van der Waals surface area contributed by atoms with Crippen molar-refractivity contribution in [1.29, 1.82) is 0 Å². The SMILES string of the molecule is Cc1nc(Cl)c(C=O)c(NC(C)C2CCCC2)n1. The van der Waals surface area contributed by atoms with Gasteiger partial charge in [0.1, 0.15) is 16.8 Å². The Kier molecular flexibility index (Phi) is 4.17. The zero-order valence-electron chi connectivity index (χ0n) is 10.7. The van der Waals surface area contributed by atoms with E-state index >= 15 is 0 Å². The molecule has 18 heavy (non-hydrogen) atoms. The van der Waals surface area contributed by atoms with Crippen LogP contribution in [0, 0.1) is 12.8 Å². The van der Waals surface area contributed by atoms with E-state index in [4.69, 9.17) is 11.6 Å². The van der Waals surface area contributed by atoms with Crippen LogP contribution >= 0.6 is 11.6 Å². The van der Waals surface area contributed by atoms with Crippen molar-refractivity contribution in [1.82, 2.24) is 9.97 Å². The second-order valence-electron chi connectivity index (χ2n) is 4.92. The van der Waals surface area contributed by atoms with Crippen molar-refractivity contribution in [2.24, 2.45) is 5.92 Å². The Bertz CT molecular complexity index is 444. The van der Waals surface area contributed by atoms with E-state index in [1.807, 2.05) is 0 Å². The average molecular weight is 268 g/mol. The Morgan fingerprint density at radius 2 is 2.06 bits per heavy atom. The van der Waals surface area contributed by atoms with E-state index in [9.17, 15) is 4.79 Å². The van der Waals surface area contributed by atoms with E-state index in [0.717, 1.165) is 0 Å². The summed E-state index contributed by atoms with van der Waals surface area (Å²) in [6.07, 6.45) is 5.78. The van der Waals surface area contributed by atoms with Crippen LogP contribution in [0.1, 0.15) is 48.8 Å². The third-order valence-corrected chi connectivity index (χ3v) is 3.89. The molecular weight excluding hydrogens is 250 g/mol. The quantitative estimate of drug-likeness (QED) is 0.672. The molecule has 0 spiro atoms. The molecule has 0 aliphatic heterocycles. The van der Waals surface area contributed by atoms with E-state index in [1.54, 1.807) is 6.92 Å². The summed E-state index contributed by atoms with van der Waals surface area (Å²) in [5.41, 5.74) is 0.354. The number of rotatable bonds is 4. The molecule has 98 valence electrons. The zero-order valence-corrected chi connectivity index (χ0v) is 11.5. The molecule has 1 aromatic heterocycles. The first kappa shape index (κ1) is 13.3. The number of aryl methyl sites for hydroxylation is 1. The van der Waals surface area contributed by atoms with Gasteiger partial charge in [-0.2, -0.15) is 0 Å². The van der Waals surface area contributed by atoms with Crippen LogP contribution in [0.5, 0.6) is 0 Å². The molecule has 1 aliphatic rings. The van der Waals surface area contributed by atoms with Crippen LogP contribution in [-0.2, 0) is 0 Å². The molecule has 5 heteroatoms. The van der Waals surface area contributed by atoms with Crippen LogP contribution in [0.15, 0.2) is 0 Å². The highest BCUT2D eigenvalue weighted by molar-refractivity contribution is 6.32. The van der Waals surface area contributed by atoms with Gasteiger partial charge in [-0.1, -0.05) is 24.4 Å². The third-order valence-electron chi connectivity index (χ3n) is 3.60. The molecule has 0 amide bonds. The molecule has 1 N–H and O–H groups in total. The van der Waals surface area contributed by atoms with Gasteiger partial charge >= 0.3 is 0 Å². The molecule has 1 fully saturated rings. The van der Waals surface area contributed by atoms with Gasteiger partial charge in [0, 0.05) is 6.04 Å². The van der Waals surface area contributed by atoms with Gasteiger partial charge in [-0.3, -0.25) is 4.79 Å². The van der Waals surface area contributed by atoms with Gasteiger partial charge in [-0.05, 0) is 32.6 Å². The van der Waals surface area contributed by atoms with Crippen LogP contribution in [0.3, 0.4) is 0 Å². The number of nitrogens with zero attached hydrogens (tertiary/aromatic N) is 2. The maximum Gasteiger partial charge on any atom is 0.156 e. The molecule has 0 aromatic carbocycles. The lowest BCUT2D eigenvalue weighted by Crippen LogP contribution is -2.25. The number of aromatic nitrogens is 2. The van der Waals surface area contributed by atoms with Crippen molar-refractivity contribution < 1.29 is 4.79 Å². The number of hydrogen-bond acceptors (Lipinski definition) is 4. The topological polar surface area (TPSA) is 54.9 Å². The predicted octanol–water partition coefficient (Wildman–Crippen LogP) is 3.24. The van der Waals surface area contributed by atoms with Crippen molar-refractivity contribution >= 4 is 23.7 Å². The summed E-state index contributed by atoms with van der Waals surface area (Å²) >= 11 is 5.96. The predicted molar refractivity (Wildman–Crippen MR) is 72.2 cm³/mol.